The smallest absolute Gasteiger partial charge is 0.257 e. The number of carbonyl (C=O) groups excluding carboxylic acids is 1. The van der Waals surface area contributed by atoms with Gasteiger partial charge in [-0.1, -0.05) is 31.1 Å². The first-order valence-electron chi connectivity index (χ1n) is 8.33. The highest BCUT2D eigenvalue weighted by atomic mass is 32.2. The number of aromatic nitrogens is 2. The Morgan fingerprint density at radius 3 is 2.74 bits per heavy atom. The fraction of sp³-hybridized carbons (Fsp3) is 0.278. The fourth-order valence-electron chi connectivity index (χ4n) is 2.63. The number of nitrogens with zero attached hydrogens (tertiary/aromatic N) is 2. The van der Waals surface area contributed by atoms with Crippen LogP contribution in [0.1, 0.15) is 41.4 Å². The van der Waals surface area contributed by atoms with Crippen LogP contribution in [-0.4, -0.2) is 30.7 Å². The minimum Gasteiger partial charge on any atom is -0.348 e. The van der Waals surface area contributed by atoms with Gasteiger partial charge in [-0.15, -0.1) is 0 Å². The van der Waals surface area contributed by atoms with E-state index < -0.39 is 10.0 Å². The summed E-state index contributed by atoms with van der Waals surface area (Å²) in [6, 6.07) is 8.54. The van der Waals surface area contributed by atoms with Gasteiger partial charge in [0.1, 0.15) is 0 Å². The lowest BCUT2D eigenvalue weighted by atomic mass is 10.1. The SMILES string of the molecule is CC(C)c1noc2ncc(C(=O)NCc3cccc(NS(C)(=O)=O)c3)cc12. The van der Waals surface area contributed by atoms with E-state index in [1.54, 1.807) is 30.3 Å². The van der Waals surface area contributed by atoms with Crippen LogP contribution in [0.15, 0.2) is 41.1 Å². The van der Waals surface area contributed by atoms with Crippen molar-refractivity contribution in [2.24, 2.45) is 0 Å². The van der Waals surface area contributed by atoms with Crippen LogP contribution in [0.4, 0.5) is 5.69 Å². The molecule has 0 aliphatic carbocycles. The van der Waals surface area contributed by atoms with Gasteiger partial charge < -0.3 is 9.84 Å². The molecular weight excluding hydrogens is 368 g/mol. The molecule has 27 heavy (non-hydrogen) atoms. The molecule has 9 heteroatoms. The Morgan fingerprint density at radius 1 is 1.26 bits per heavy atom. The number of hydrogen-bond donors (Lipinski definition) is 2. The summed E-state index contributed by atoms with van der Waals surface area (Å²) >= 11 is 0. The lowest BCUT2D eigenvalue weighted by molar-refractivity contribution is 0.0950. The van der Waals surface area contributed by atoms with Crippen LogP contribution in [0, 0.1) is 0 Å². The molecule has 2 heterocycles. The molecule has 1 amide bonds. The molecule has 2 aromatic heterocycles. The Kier molecular flexibility index (Phi) is 5.13. The summed E-state index contributed by atoms with van der Waals surface area (Å²) in [6.45, 7) is 4.22. The predicted molar refractivity (Wildman–Crippen MR) is 102 cm³/mol. The first-order valence-corrected chi connectivity index (χ1v) is 10.2. The molecule has 0 fully saturated rings. The van der Waals surface area contributed by atoms with Crippen LogP contribution < -0.4 is 10.0 Å². The van der Waals surface area contributed by atoms with Gasteiger partial charge in [0.05, 0.1) is 22.9 Å². The molecule has 0 bridgehead atoms. The average Bonchev–Trinajstić information content (AvgIpc) is 3.02. The van der Waals surface area contributed by atoms with Crippen LogP contribution in [0.2, 0.25) is 0 Å². The minimum atomic E-state index is -3.36. The number of amides is 1. The largest absolute Gasteiger partial charge is 0.348 e. The molecule has 3 rings (SSSR count). The standard InChI is InChI=1S/C18H20N4O4S/c1-11(2)16-15-8-13(10-20-18(15)26-21-16)17(23)19-9-12-5-4-6-14(7-12)22-27(3,24)25/h4-8,10-11,22H,9H2,1-3H3,(H,19,23). The van der Waals surface area contributed by atoms with Gasteiger partial charge in [-0.25, -0.2) is 13.4 Å². The van der Waals surface area contributed by atoms with E-state index in [1.807, 2.05) is 13.8 Å². The molecule has 1 aromatic carbocycles. The Labute approximate surface area is 157 Å². The number of hydrogen-bond acceptors (Lipinski definition) is 6. The van der Waals surface area contributed by atoms with Crippen molar-refractivity contribution in [1.82, 2.24) is 15.5 Å². The second-order valence-corrected chi connectivity index (χ2v) is 8.30. The lowest BCUT2D eigenvalue weighted by Crippen LogP contribution is -2.23. The zero-order valence-corrected chi connectivity index (χ0v) is 16.0. The second-order valence-electron chi connectivity index (χ2n) is 6.56. The monoisotopic (exact) mass is 388 g/mol. The lowest BCUT2D eigenvalue weighted by Gasteiger charge is -2.08. The molecule has 0 saturated heterocycles. The molecule has 0 saturated carbocycles. The fourth-order valence-corrected chi connectivity index (χ4v) is 3.19. The molecule has 0 aliphatic heterocycles. The summed E-state index contributed by atoms with van der Waals surface area (Å²) in [5.74, 6) is -0.141. The number of nitrogens with one attached hydrogen (secondary N) is 2. The summed E-state index contributed by atoms with van der Waals surface area (Å²) in [6.07, 6.45) is 2.52. The Hall–Kier alpha value is -2.94. The third-order valence-corrected chi connectivity index (χ3v) is 4.46. The van der Waals surface area contributed by atoms with Crippen LogP contribution >= 0.6 is 0 Å². The zero-order chi connectivity index (χ0) is 19.6. The van der Waals surface area contributed by atoms with E-state index in [1.165, 1.54) is 6.20 Å². The number of carbonyl (C=O) groups is 1. The Bertz CT molecular complexity index is 1090. The van der Waals surface area contributed by atoms with E-state index in [2.05, 4.69) is 20.2 Å². The number of pyridine rings is 1. The van der Waals surface area contributed by atoms with Crippen molar-refractivity contribution in [2.45, 2.75) is 26.3 Å². The van der Waals surface area contributed by atoms with Crippen molar-refractivity contribution in [1.29, 1.82) is 0 Å². The van der Waals surface area contributed by atoms with Gasteiger partial charge >= 0.3 is 0 Å². The minimum absolute atomic E-state index is 0.149. The summed E-state index contributed by atoms with van der Waals surface area (Å²) in [5.41, 5.74) is 2.76. The summed E-state index contributed by atoms with van der Waals surface area (Å²) in [7, 11) is -3.36. The highest BCUT2D eigenvalue weighted by Gasteiger charge is 2.15. The molecule has 3 aromatic rings. The summed E-state index contributed by atoms with van der Waals surface area (Å²) in [5, 5.41) is 7.53. The van der Waals surface area contributed by atoms with E-state index in [9.17, 15) is 13.2 Å². The van der Waals surface area contributed by atoms with Gasteiger partial charge in [0.15, 0.2) is 0 Å². The molecule has 142 valence electrons. The molecule has 0 aliphatic rings. The van der Waals surface area contributed by atoms with Crippen LogP contribution in [-0.2, 0) is 16.6 Å². The van der Waals surface area contributed by atoms with Crippen molar-refractivity contribution in [3.63, 3.8) is 0 Å². The van der Waals surface area contributed by atoms with E-state index >= 15 is 0 Å². The number of anilines is 1. The molecule has 2 N–H and O–H groups in total. The van der Waals surface area contributed by atoms with Crippen LogP contribution in [0.3, 0.4) is 0 Å². The van der Waals surface area contributed by atoms with Crippen molar-refractivity contribution in [2.75, 3.05) is 11.0 Å². The topological polar surface area (TPSA) is 114 Å². The van der Waals surface area contributed by atoms with Gasteiger partial charge in [0.25, 0.3) is 11.6 Å². The zero-order valence-electron chi connectivity index (χ0n) is 15.2. The third kappa shape index (κ3) is 4.62. The highest BCUT2D eigenvalue weighted by molar-refractivity contribution is 7.92. The predicted octanol–water partition coefficient (Wildman–Crippen LogP) is 2.65. The number of rotatable bonds is 6. The Balaban J connectivity index is 1.73. The maximum Gasteiger partial charge on any atom is 0.257 e. The maximum atomic E-state index is 12.5. The van der Waals surface area contributed by atoms with Crippen molar-refractivity contribution in [3.05, 3.63) is 53.3 Å². The average molecular weight is 388 g/mol. The first kappa shape index (κ1) is 18.8. The quantitative estimate of drug-likeness (QED) is 0.671. The number of sulfonamides is 1. The molecular formula is C18H20N4O4S. The van der Waals surface area contributed by atoms with Crippen LogP contribution in [0.5, 0.6) is 0 Å². The van der Waals surface area contributed by atoms with Gasteiger partial charge in [-0.05, 0) is 29.7 Å². The number of fused-ring (bicyclic) bond motifs is 1. The van der Waals surface area contributed by atoms with Crippen molar-refractivity contribution < 1.29 is 17.7 Å². The molecule has 8 nitrogen and oxygen atoms in total. The molecule has 0 unspecified atom stereocenters. The van der Waals surface area contributed by atoms with E-state index in [0.29, 0.717) is 17.0 Å². The maximum absolute atomic E-state index is 12.5. The summed E-state index contributed by atoms with van der Waals surface area (Å²) in [4.78, 5) is 16.6. The Morgan fingerprint density at radius 2 is 2.04 bits per heavy atom. The molecule has 0 atom stereocenters. The van der Waals surface area contributed by atoms with Gasteiger partial charge in [0.2, 0.25) is 10.0 Å². The first-order chi connectivity index (χ1) is 12.7. The van der Waals surface area contributed by atoms with Crippen molar-refractivity contribution in [3.8, 4) is 0 Å². The second kappa shape index (κ2) is 7.36. The van der Waals surface area contributed by atoms with E-state index in [4.69, 9.17) is 4.52 Å². The van der Waals surface area contributed by atoms with E-state index in [0.717, 1.165) is 22.9 Å². The normalized spacial score (nSPS) is 11.7. The molecule has 0 spiro atoms. The van der Waals surface area contributed by atoms with Gasteiger partial charge in [-0.3, -0.25) is 9.52 Å². The van der Waals surface area contributed by atoms with Gasteiger partial charge in [-0.2, -0.15) is 0 Å². The van der Waals surface area contributed by atoms with Crippen molar-refractivity contribution >= 4 is 32.7 Å². The molecule has 0 radical (unpaired) electrons. The van der Waals surface area contributed by atoms with Crippen LogP contribution in [0.25, 0.3) is 11.1 Å². The third-order valence-electron chi connectivity index (χ3n) is 3.85. The highest BCUT2D eigenvalue weighted by Crippen LogP contribution is 2.24. The summed E-state index contributed by atoms with van der Waals surface area (Å²) < 4.78 is 30.2. The number of benzene rings is 1. The van der Waals surface area contributed by atoms with E-state index in [-0.39, 0.29) is 18.4 Å². The van der Waals surface area contributed by atoms with Gasteiger partial charge in [0, 0.05) is 18.4 Å².